The van der Waals surface area contributed by atoms with Gasteiger partial charge in [0.15, 0.2) is 0 Å². The molecule has 1 heterocycles. The van der Waals surface area contributed by atoms with Crippen LogP contribution < -0.4 is 10.0 Å². The summed E-state index contributed by atoms with van der Waals surface area (Å²) in [5.74, 6) is 0.141. The summed E-state index contributed by atoms with van der Waals surface area (Å²) in [4.78, 5) is 12.4. The van der Waals surface area contributed by atoms with E-state index in [1.165, 1.54) is 6.07 Å². The first-order chi connectivity index (χ1) is 11.2. The van der Waals surface area contributed by atoms with E-state index in [1.54, 1.807) is 45.9 Å². The van der Waals surface area contributed by atoms with Gasteiger partial charge < -0.3 is 9.84 Å². The predicted octanol–water partition coefficient (Wildman–Crippen LogP) is 1.91. The highest BCUT2D eigenvalue weighted by atomic mass is 32.2. The van der Waals surface area contributed by atoms with Crippen LogP contribution in [0.15, 0.2) is 33.7 Å². The molecule has 2 rings (SSSR count). The minimum atomic E-state index is -3.56. The fourth-order valence-electron chi connectivity index (χ4n) is 2.28. The van der Waals surface area contributed by atoms with Crippen LogP contribution in [-0.4, -0.2) is 25.5 Å². The summed E-state index contributed by atoms with van der Waals surface area (Å²) in [6.07, 6.45) is 0. The van der Waals surface area contributed by atoms with Crippen LogP contribution in [0, 0.1) is 13.8 Å². The molecule has 0 unspecified atom stereocenters. The lowest BCUT2D eigenvalue weighted by Gasteiger charge is -2.11. The maximum Gasteiger partial charge on any atom is 0.257 e. The molecule has 0 saturated carbocycles. The Bertz CT molecular complexity index is 821. The van der Waals surface area contributed by atoms with Crippen molar-refractivity contribution in [3.63, 3.8) is 0 Å². The summed E-state index contributed by atoms with van der Waals surface area (Å²) in [5, 5.41) is 6.49. The van der Waals surface area contributed by atoms with Crippen LogP contribution in [0.2, 0.25) is 0 Å². The number of hydrogen-bond acceptors (Lipinski definition) is 5. The van der Waals surface area contributed by atoms with E-state index in [1.807, 2.05) is 0 Å². The van der Waals surface area contributed by atoms with Crippen LogP contribution in [0.5, 0.6) is 0 Å². The number of benzene rings is 1. The standard InChI is InChI=1S/C16H21N3O4S/c1-10(2)19-24(21,22)14-7-5-6-13(8-14)9-17-16(20)15-11(3)18-23-12(15)4/h5-8,10,19H,9H2,1-4H3,(H,17,20). The second-order valence-electron chi connectivity index (χ2n) is 5.81. The van der Waals surface area contributed by atoms with Gasteiger partial charge in [0.2, 0.25) is 10.0 Å². The molecule has 8 heteroatoms. The molecule has 1 amide bonds. The van der Waals surface area contributed by atoms with E-state index in [-0.39, 0.29) is 23.4 Å². The van der Waals surface area contributed by atoms with Crippen molar-refractivity contribution in [2.75, 3.05) is 0 Å². The number of aromatic nitrogens is 1. The van der Waals surface area contributed by atoms with E-state index >= 15 is 0 Å². The lowest BCUT2D eigenvalue weighted by molar-refractivity contribution is 0.0949. The van der Waals surface area contributed by atoms with Crippen molar-refractivity contribution < 1.29 is 17.7 Å². The predicted molar refractivity (Wildman–Crippen MR) is 89.0 cm³/mol. The van der Waals surface area contributed by atoms with Crippen molar-refractivity contribution in [1.82, 2.24) is 15.2 Å². The molecular weight excluding hydrogens is 330 g/mol. The van der Waals surface area contributed by atoms with Gasteiger partial charge in [-0.3, -0.25) is 4.79 Å². The summed E-state index contributed by atoms with van der Waals surface area (Å²) < 4.78 is 31.9. The van der Waals surface area contributed by atoms with Crippen molar-refractivity contribution in [2.24, 2.45) is 0 Å². The molecule has 24 heavy (non-hydrogen) atoms. The topological polar surface area (TPSA) is 101 Å². The SMILES string of the molecule is Cc1noc(C)c1C(=O)NCc1cccc(S(=O)(=O)NC(C)C)c1. The quantitative estimate of drug-likeness (QED) is 0.828. The number of rotatable bonds is 6. The Kier molecular flexibility index (Phi) is 5.40. The zero-order chi connectivity index (χ0) is 17.9. The van der Waals surface area contributed by atoms with Crippen LogP contribution in [0.1, 0.15) is 41.2 Å². The third kappa shape index (κ3) is 4.21. The van der Waals surface area contributed by atoms with Gasteiger partial charge in [-0.2, -0.15) is 0 Å². The first-order valence-corrected chi connectivity index (χ1v) is 9.01. The summed E-state index contributed by atoms with van der Waals surface area (Å²) in [5.41, 5.74) is 1.60. The van der Waals surface area contributed by atoms with Crippen molar-refractivity contribution in [2.45, 2.75) is 45.2 Å². The Balaban J connectivity index is 2.12. The Hall–Kier alpha value is -2.19. The maximum absolute atomic E-state index is 12.2. The fourth-order valence-corrected chi connectivity index (χ4v) is 3.60. The number of amides is 1. The molecule has 1 aromatic heterocycles. The van der Waals surface area contributed by atoms with E-state index in [0.717, 1.165) is 0 Å². The van der Waals surface area contributed by atoms with Gasteiger partial charge in [-0.05, 0) is 45.4 Å². The molecule has 0 aliphatic heterocycles. The number of carbonyl (C=O) groups excluding carboxylic acids is 1. The minimum Gasteiger partial charge on any atom is -0.361 e. The number of nitrogens with one attached hydrogen (secondary N) is 2. The van der Waals surface area contributed by atoms with Crippen molar-refractivity contribution in [1.29, 1.82) is 0 Å². The smallest absolute Gasteiger partial charge is 0.257 e. The highest BCUT2D eigenvalue weighted by molar-refractivity contribution is 7.89. The van der Waals surface area contributed by atoms with E-state index in [0.29, 0.717) is 22.6 Å². The molecule has 7 nitrogen and oxygen atoms in total. The number of sulfonamides is 1. The molecule has 0 bridgehead atoms. The average Bonchev–Trinajstić information content (AvgIpc) is 2.83. The summed E-state index contributed by atoms with van der Waals surface area (Å²) in [6.45, 7) is 7.07. The fraction of sp³-hybridized carbons (Fsp3) is 0.375. The van der Waals surface area contributed by atoms with E-state index in [9.17, 15) is 13.2 Å². The molecule has 130 valence electrons. The van der Waals surface area contributed by atoms with Gasteiger partial charge in [-0.15, -0.1) is 0 Å². The van der Waals surface area contributed by atoms with Crippen LogP contribution in [0.4, 0.5) is 0 Å². The third-order valence-electron chi connectivity index (χ3n) is 3.31. The first kappa shape index (κ1) is 18.2. The Morgan fingerprint density at radius 2 is 2.00 bits per heavy atom. The first-order valence-electron chi connectivity index (χ1n) is 7.53. The molecule has 2 aromatic rings. The number of carbonyl (C=O) groups is 1. The molecule has 0 fully saturated rings. The molecule has 1 aromatic carbocycles. The van der Waals surface area contributed by atoms with Crippen LogP contribution in [-0.2, 0) is 16.6 Å². The van der Waals surface area contributed by atoms with E-state index < -0.39 is 10.0 Å². The highest BCUT2D eigenvalue weighted by Gasteiger charge is 2.18. The van der Waals surface area contributed by atoms with Crippen molar-refractivity contribution in [3.05, 3.63) is 46.8 Å². The van der Waals surface area contributed by atoms with Crippen molar-refractivity contribution >= 4 is 15.9 Å². The molecule has 0 aliphatic carbocycles. The van der Waals surface area contributed by atoms with Crippen LogP contribution in [0.3, 0.4) is 0 Å². The summed E-state index contributed by atoms with van der Waals surface area (Å²) >= 11 is 0. The van der Waals surface area contributed by atoms with Gasteiger partial charge in [-0.25, -0.2) is 13.1 Å². The normalized spacial score (nSPS) is 11.7. The summed E-state index contributed by atoms with van der Waals surface area (Å²) in [6, 6.07) is 6.26. The zero-order valence-corrected chi connectivity index (χ0v) is 14.9. The molecule has 0 atom stereocenters. The van der Waals surface area contributed by atoms with Gasteiger partial charge in [-0.1, -0.05) is 17.3 Å². The van der Waals surface area contributed by atoms with E-state index in [4.69, 9.17) is 4.52 Å². The maximum atomic E-state index is 12.2. The van der Waals surface area contributed by atoms with Gasteiger partial charge in [0.25, 0.3) is 5.91 Å². The molecule has 0 aliphatic rings. The van der Waals surface area contributed by atoms with Gasteiger partial charge in [0.1, 0.15) is 11.3 Å². The lowest BCUT2D eigenvalue weighted by atomic mass is 10.2. The zero-order valence-electron chi connectivity index (χ0n) is 14.1. The molecule has 0 radical (unpaired) electrons. The van der Waals surface area contributed by atoms with E-state index in [2.05, 4.69) is 15.2 Å². The monoisotopic (exact) mass is 351 g/mol. The lowest BCUT2D eigenvalue weighted by Crippen LogP contribution is -2.30. The number of nitrogens with zero attached hydrogens (tertiary/aromatic N) is 1. The third-order valence-corrected chi connectivity index (χ3v) is 4.97. The molecule has 0 saturated heterocycles. The van der Waals surface area contributed by atoms with Gasteiger partial charge >= 0.3 is 0 Å². The second-order valence-corrected chi connectivity index (χ2v) is 7.52. The molecule has 0 spiro atoms. The molecule has 2 N–H and O–H groups in total. The Morgan fingerprint density at radius 1 is 1.29 bits per heavy atom. The number of aryl methyl sites for hydroxylation is 2. The number of hydrogen-bond donors (Lipinski definition) is 2. The Labute approximate surface area is 141 Å². The van der Waals surface area contributed by atoms with Crippen LogP contribution >= 0.6 is 0 Å². The summed E-state index contributed by atoms with van der Waals surface area (Å²) in [7, 11) is -3.56. The second kappa shape index (κ2) is 7.14. The average molecular weight is 351 g/mol. The highest BCUT2D eigenvalue weighted by Crippen LogP contribution is 2.14. The van der Waals surface area contributed by atoms with Gasteiger partial charge in [0.05, 0.1) is 10.6 Å². The van der Waals surface area contributed by atoms with Gasteiger partial charge in [0, 0.05) is 12.6 Å². The largest absolute Gasteiger partial charge is 0.361 e. The minimum absolute atomic E-state index is 0.167. The molecular formula is C16H21N3O4S. The van der Waals surface area contributed by atoms with Crippen LogP contribution in [0.25, 0.3) is 0 Å². The Morgan fingerprint density at radius 3 is 2.58 bits per heavy atom. The van der Waals surface area contributed by atoms with Crippen molar-refractivity contribution in [3.8, 4) is 0 Å².